The Morgan fingerprint density at radius 2 is 1.89 bits per heavy atom. The summed E-state index contributed by atoms with van der Waals surface area (Å²) in [6.45, 7) is 6.58. The van der Waals surface area contributed by atoms with Gasteiger partial charge in [0, 0.05) is 24.3 Å². The van der Waals surface area contributed by atoms with Crippen LogP contribution in [0.4, 0.5) is 25.8 Å². The number of benzene rings is 2. The van der Waals surface area contributed by atoms with Gasteiger partial charge in [-0.05, 0) is 60.9 Å². The number of carboxylic acids is 1. The number of anilines is 3. The van der Waals surface area contributed by atoms with Gasteiger partial charge in [-0.15, -0.1) is 0 Å². The number of hydrogen-bond donors (Lipinski definition) is 2. The van der Waals surface area contributed by atoms with Crippen molar-refractivity contribution in [2.45, 2.75) is 84.1 Å². The van der Waals surface area contributed by atoms with Crippen LogP contribution >= 0.6 is 11.6 Å². The van der Waals surface area contributed by atoms with Gasteiger partial charge in [0.15, 0.2) is 0 Å². The van der Waals surface area contributed by atoms with Gasteiger partial charge in [-0.3, -0.25) is 4.79 Å². The fourth-order valence-electron chi connectivity index (χ4n) is 5.10. The zero-order valence-corrected chi connectivity index (χ0v) is 22.7. The van der Waals surface area contributed by atoms with E-state index in [-0.39, 0.29) is 23.1 Å². The molecule has 0 spiro atoms. The number of carbonyl (C=O) groups is 1. The molecule has 5 nitrogen and oxygen atoms in total. The fourth-order valence-corrected chi connectivity index (χ4v) is 5.27. The highest BCUT2D eigenvalue weighted by Crippen LogP contribution is 2.39. The first-order valence-electron chi connectivity index (χ1n) is 13.3. The standard InChI is InChI=1S/C29H39ClF2N2O3/c1-4-20(15-29(35)36)21-10-13-26(34(17-19(2)3)23-8-6-5-7-9-23)25(14-21)33-22-11-12-24(30)27(16-22)37-18-28(31)32/h10-14,16,19-20,23,28,33H,4-9,15,17-18H2,1-3H3,(H,35,36). The quantitative estimate of drug-likeness (QED) is 0.269. The van der Waals surface area contributed by atoms with Gasteiger partial charge >= 0.3 is 5.97 Å². The van der Waals surface area contributed by atoms with Gasteiger partial charge in [-0.1, -0.05) is 57.7 Å². The summed E-state index contributed by atoms with van der Waals surface area (Å²) in [5.74, 6) is -0.300. The van der Waals surface area contributed by atoms with E-state index in [1.807, 2.05) is 19.1 Å². The number of ether oxygens (including phenoxy) is 1. The lowest BCUT2D eigenvalue weighted by atomic mass is 9.90. The normalized spacial score (nSPS) is 15.1. The van der Waals surface area contributed by atoms with Crippen LogP contribution in [0.2, 0.25) is 5.02 Å². The van der Waals surface area contributed by atoms with Gasteiger partial charge < -0.3 is 20.1 Å². The molecule has 2 N–H and O–H groups in total. The van der Waals surface area contributed by atoms with Crippen LogP contribution in [0, 0.1) is 5.92 Å². The number of halogens is 3. The van der Waals surface area contributed by atoms with E-state index in [2.05, 4.69) is 30.1 Å². The summed E-state index contributed by atoms with van der Waals surface area (Å²) in [7, 11) is 0. The van der Waals surface area contributed by atoms with E-state index in [0.717, 1.165) is 36.3 Å². The van der Waals surface area contributed by atoms with Gasteiger partial charge in [0.2, 0.25) is 0 Å². The Morgan fingerprint density at radius 1 is 1.16 bits per heavy atom. The number of nitrogens with one attached hydrogen (secondary N) is 1. The molecule has 0 saturated heterocycles. The summed E-state index contributed by atoms with van der Waals surface area (Å²) in [5.41, 5.74) is 3.52. The van der Waals surface area contributed by atoms with E-state index in [9.17, 15) is 18.7 Å². The first-order valence-corrected chi connectivity index (χ1v) is 13.7. The number of rotatable bonds is 13. The van der Waals surface area contributed by atoms with E-state index >= 15 is 0 Å². The van der Waals surface area contributed by atoms with Gasteiger partial charge in [0.25, 0.3) is 6.43 Å². The molecule has 1 saturated carbocycles. The molecule has 0 amide bonds. The molecule has 0 aromatic heterocycles. The molecule has 1 atom stereocenters. The van der Waals surface area contributed by atoms with Crippen molar-refractivity contribution in [3.63, 3.8) is 0 Å². The molecule has 0 heterocycles. The minimum atomic E-state index is -2.60. The molecule has 1 aliphatic rings. The van der Waals surface area contributed by atoms with Gasteiger partial charge in [0.05, 0.1) is 22.8 Å². The van der Waals surface area contributed by atoms with E-state index in [0.29, 0.717) is 24.1 Å². The highest BCUT2D eigenvalue weighted by molar-refractivity contribution is 6.32. The predicted octanol–water partition coefficient (Wildman–Crippen LogP) is 8.49. The molecule has 1 unspecified atom stereocenters. The molecule has 0 radical (unpaired) electrons. The van der Waals surface area contributed by atoms with Crippen LogP contribution in [0.5, 0.6) is 5.75 Å². The van der Waals surface area contributed by atoms with Crippen LogP contribution in [-0.4, -0.2) is 36.7 Å². The Kier molecular flexibility index (Phi) is 10.9. The SMILES string of the molecule is CCC(CC(=O)O)c1ccc(N(CC(C)C)C2CCCCC2)c(Nc2ccc(Cl)c(OCC(F)F)c2)c1. The maximum absolute atomic E-state index is 12.7. The molecular formula is C29H39ClF2N2O3. The fraction of sp³-hybridized carbons (Fsp3) is 0.552. The van der Waals surface area contributed by atoms with Crippen molar-refractivity contribution in [3.05, 3.63) is 47.0 Å². The molecule has 204 valence electrons. The largest absolute Gasteiger partial charge is 0.486 e. The predicted molar refractivity (Wildman–Crippen MR) is 147 cm³/mol. The maximum atomic E-state index is 12.7. The van der Waals surface area contributed by atoms with Crippen LogP contribution in [0.1, 0.15) is 77.2 Å². The van der Waals surface area contributed by atoms with Crippen molar-refractivity contribution in [1.29, 1.82) is 0 Å². The Hall–Kier alpha value is -2.54. The van der Waals surface area contributed by atoms with Crippen molar-refractivity contribution in [2.75, 3.05) is 23.4 Å². The number of aliphatic carboxylic acids is 1. The molecule has 2 aromatic carbocycles. The van der Waals surface area contributed by atoms with E-state index < -0.39 is 19.0 Å². The Bertz CT molecular complexity index is 1030. The zero-order valence-electron chi connectivity index (χ0n) is 22.0. The summed E-state index contributed by atoms with van der Waals surface area (Å²) in [6.07, 6.45) is 4.10. The highest BCUT2D eigenvalue weighted by atomic mass is 35.5. The molecule has 3 rings (SSSR count). The van der Waals surface area contributed by atoms with E-state index in [1.54, 1.807) is 18.2 Å². The van der Waals surface area contributed by atoms with Crippen LogP contribution in [0.25, 0.3) is 0 Å². The number of hydrogen-bond acceptors (Lipinski definition) is 4. The first-order chi connectivity index (χ1) is 17.7. The van der Waals surface area contributed by atoms with E-state index in [4.69, 9.17) is 16.3 Å². The van der Waals surface area contributed by atoms with Crippen LogP contribution in [-0.2, 0) is 4.79 Å². The zero-order chi connectivity index (χ0) is 26.9. The Labute approximate surface area is 224 Å². The number of carboxylic acid groups (broad SMARTS) is 1. The Morgan fingerprint density at radius 3 is 2.51 bits per heavy atom. The first kappa shape index (κ1) is 29.0. The van der Waals surface area contributed by atoms with Crippen molar-refractivity contribution in [2.24, 2.45) is 5.92 Å². The summed E-state index contributed by atoms with van der Waals surface area (Å²) in [5, 5.41) is 13.2. The summed E-state index contributed by atoms with van der Waals surface area (Å²) >= 11 is 6.20. The second kappa shape index (κ2) is 13.8. The Balaban J connectivity index is 2.03. The highest BCUT2D eigenvalue weighted by Gasteiger charge is 2.25. The molecular weight excluding hydrogens is 498 g/mol. The van der Waals surface area contributed by atoms with Crippen molar-refractivity contribution in [1.82, 2.24) is 0 Å². The molecule has 0 aliphatic heterocycles. The number of nitrogens with zero attached hydrogens (tertiary/aromatic N) is 1. The molecule has 8 heteroatoms. The molecule has 37 heavy (non-hydrogen) atoms. The minimum absolute atomic E-state index is 0.0557. The van der Waals surface area contributed by atoms with Gasteiger partial charge in [-0.2, -0.15) is 0 Å². The lowest BCUT2D eigenvalue weighted by molar-refractivity contribution is -0.137. The second-order valence-electron chi connectivity index (χ2n) is 10.3. The van der Waals surface area contributed by atoms with E-state index in [1.165, 1.54) is 19.3 Å². The van der Waals surface area contributed by atoms with Crippen molar-refractivity contribution < 1.29 is 23.4 Å². The third-order valence-corrected chi connectivity index (χ3v) is 7.18. The third-order valence-electron chi connectivity index (χ3n) is 6.87. The second-order valence-corrected chi connectivity index (χ2v) is 10.7. The smallest absolute Gasteiger partial charge is 0.303 e. The monoisotopic (exact) mass is 536 g/mol. The number of alkyl halides is 2. The maximum Gasteiger partial charge on any atom is 0.303 e. The average molecular weight is 537 g/mol. The van der Waals surface area contributed by atoms with Crippen LogP contribution in [0.3, 0.4) is 0 Å². The average Bonchev–Trinajstić information content (AvgIpc) is 2.86. The molecule has 1 fully saturated rings. The van der Waals surface area contributed by atoms with Crippen molar-refractivity contribution in [3.8, 4) is 5.75 Å². The topological polar surface area (TPSA) is 61.8 Å². The lowest BCUT2D eigenvalue weighted by Crippen LogP contribution is -2.39. The third kappa shape index (κ3) is 8.49. The molecule has 2 aromatic rings. The summed E-state index contributed by atoms with van der Waals surface area (Å²) < 4.78 is 30.7. The minimum Gasteiger partial charge on any atom is -0.486 e. The molecule has 1 aliphatic carbocycles. The lowest BCUT2D eigenvalue weighted by Gasteiger charge is -2.39. The van der Waals surface area contributed by atoms with Gasteiger partial charge in [-0.25, -0.2) is 8.78 Å². The molecule has 0 bridgehead atoms. The summed E-state index contributed by atoms with van der Waals surface area (Å²) in [4.78, 5) is 14.0. The van der Waals surface area contributed by atoms with Crippen LogP contribution < -0.4 is 15.0 Å². The summed E-state index contributed by atoms with van der Waals surface area (Å²) in [6, 6.07) is 11.7. The van der Waals surface area contributed by atoms with Crippen LogP contribution in [0.15, 0.2) is 36.4 Å². The van der Waals surface area contributed by atoms with Gasteiger partial charge in [0.1, 0.15) is 12.4 Å². The van der Waals surface area contributed by atoms with Crippen molar-refractivity contribution >= 4 is 34.6 Å².